The second-order valence-electron chi connectivity index (χ2n) is 11.9. The predicted octanol–water partition coefficient (Wildman–Crippen LogP) is 9.00. The number of aliphatic carboxylic acids is 1. The van der Waals surface area contributed by atoms with Gasteiger partial charge in [-0.15, -0.1) is 12.6 Å². The first-order valence-electron chi connectivity index (χ1n) is 16.2. The zero-order chi connectivity index (χ0) is 29.0. The lowest BCUT2D eigenvalue weighted by atomic mass is 9.79. The molecule has 5 unspecified atom stereocenters. The van der Waals surface area contributed by atoms with Gasteiger partial charge in [0.25, 0.3) is 5.34 Å². The van der Waals surface area contributed by atoms with Gasteiger partial charge in [-0.3, -0.25) is 0 Å². The number of carbonyl (C=O) groups is 1. The Kier molecular flexibility index (Phi) is 20.5. The van der Waals surface area contributed by atoms with E-state index >= 15 is 0 Å². The summed E-state index contributed by atoms with van der Waals surface area (Å²) in [4.78, 5) is 11.3. The fourth-order valence-corrected chi connectivity index (χ4v) is 7.18. The smallest absolute Gasteiger partial charge is 0.348 e. The first kappa shape index (κ1) is 37.0. The summed E-state index contributed by atoms with van der Waals surface area (Å²) in [5, 5.41) is 18.6. The van der Waals surface area contributed by atoms with Gasteiger partial charge >= 0.3 is 5.97 Å². The lowest BCUT2D eigenvalue weighted by molar-refractivity contribution is -0.227. The number of rotatable bonds is 24. The van der Waals surface area contributed by atoms with E-state index in [0.717, 1.165) is 25.7 Å². The van der Waals surface area contributed by atoms with Gasteiger partial charge in [0.1, 0.15) is 13.4 Å². The van der Waals surface area contributed by atoms with E-state index in [1.54, 1.807) is 0 Å². The Bertz CT molecular complexity index is 645. The fraction of sp³-hybridized carbons (Fsp3) is 0.968. The highest BCUT2D eigenvalue weighted by Gasteiger charge is 2.52. The van der Waals surface area contributed by atoms with Crippen LogP contribution in [0.25, 0.3) is 0 Å². The quantitative estimate of drug-likeness (QED) is 0.0340. The van der Waals surface area contributed by atoms with Crippen LogP contribution in [0.1, 0.15) is 156 Å². The first-order chi connectivity index (χ1) is 18.8. The molecule has 0 aromatic rings. The third-order valence-corrected chi connectivity index (χ3v) is 10.1. The normalized spacial score (nSPS) is 19.9. The third-order valence-electron chi connectivity index (χ3n) is 8.54. The second kappa shape index (κ2) is 21.6. The van der Waals surface area contributed by atoms with Gasteiger partial charge < -0.3 is 24.3 Å². The van der Waals surface area contributed by atoms with Gasteiger partial charge in [-0.1, -0.05) is 124 Å². The lowest BCUT2D eigenvalue weighted by Gasteiger charge is -2.40. The van der Waals surface area contributed by atoms with Crippen molar-refractivity contribution < 1.29 is 29.0 Å². The van der Waals surface area contributed by atoms with Crippen LogP contribution in [0.4, 0.5) is 0 Å². The van der Waals surface area contributed by atoms with Crippen LogP contribution in [0.5, 0.6) is 0 Å². The van der Waals surface area contributed by atoms with Crippen LogP contribution in [-0.2, 0) is 18.8 Å². The van der Waals surface area contributed by atoms with Crippen molar-refractivity contribution in [3.8, 4) is 0 Å². The van der Waals surface area contributed by atoms with E-state index < -0.39 is 31.0 Å². The number of unbranched alkanes of at least 4 members (excludes halogenated alkanes) is 8. The summed E-state index contributed by atoms with van der Waals surface area (Å²) in [6.45, 7) is 6.48. The average molecular weight is 593 g/mol. The molecule has 0 radical (unpaired) electrons. The number of hydrogen-bond donors (Lipinski definition) is 3. The number of aliphatic hydroxyl groups is 1. The van der Waals surface area contributed by atoms with E-state index in [-0.39, 0.29) is 6.61 Å². The third kappa shape index (κ3) is 14.1. The number of hydrogen-bond acceptors (Lipinski definition) is 6. The molecule has 39 heavy (non-hydrogen) atoms. The molecule has 0 saturated heterocycles. The Hall–Kier alpha value is -0.0700. The summed E-state index contributed by atoms with van der Waals surface area (Å²) in [5.41, 5.74) is 0. The molecular formula is C31H61O6PS. The Morgan fingerprint density at radius 3 is 2.03 bits per heavy atom. The van der Waals surface area contributed by atoms with Crippen LogP contribution in [0.2, 0.25) is 0 Å². The van der Waals surface area contributed by atoms with Crippen LogP contribution in [0.3, 0.4) is 0 Å². The van der Waals surface area contributed by atoms with Gasteiger partial charge in [-0.25, -0.2) is 4.79 Å². The standard InChI is InChI=1S/C31H61O6PS/c1-4-7-9-10-11-14-18-23-30(39,37-31(38-35,28(32)33)29(34)36-25-6-3)24-22-27(19-15-8-5-2)26-20-16-12-13-17-21-26/h26-27,29,34,39H,4-25,38H2,1-3H3,(H,32,33). The summed E-state index contributed by atoms with van der Waals surface area (Å²) in [6, 6.07) is 0. The highest BCUT2D eigenvalue weighted by atomic mass is 32.1. The molecule has 232 valence electrons. The van der Waals surface area contributed by atoms with E-state index in [4.69, 9.17) is 22.1 Å². The van der Waals surface area contributed by atoms with E-state index in [1.165, 1.54) is 89.9 Å². The summed E-state index contributed by atoms with van der Waals surface area (Å²) < 4.78 is 24.1. The molecule has 6 nitrogen and oxygen atoms in total. The molecule has 1 aliphatic rings. The molecule has 0 amide bonds. The van der Waals surface area contributed by atoms with Crippen molar-refractivity contribution in [2.24, 2.45) is 11.8 Å². The van der Waals surface area contributed by atoms with Gasteiger partial charge in [0, 0.05) is 6.61 Å². The van der Waals surface area contributed by atoms with Gasteiger partial charge in [0.2, 0.25) is 6.29 Å². The van der Waals surface area contributed by atoms with Crippen LogP contribution in [-0.4, -0.2) is 39.4 Å². The fourth-order valence-electron chi connectivity index (χ4n) is 6.05. The van der Waals surface area contributed by atoms with Gasteiger partial charge in [0.15, 0.2) is 0 Å². The summed E-state index contributed by atoms with van der Waals surface area (Å²) in [6.07, 6.45) is 21.3. The van der Waals surface area contributed by atoms with E-state index in [0.29, 0.717) is 31.1 Å². The Morgan fingerprint density at radius 2 is 1.46 bits per heavy atom. The minimum Gasteiger partial charge on any atom is -0.479 e. The Balaban J connectivity index is 3.08. The van der Waals surface area contributed by atoms with Crippen molar-refractivity contribution in [2.75, 3.05) is 6.61 Å². The Morgan fingerprint density at radius 1 is 0.872 bits per heavy atom. The number of thiol groups is 1. The SMILES string of the molecule is CCCCCCCCCC(S)(CCC(CCCCC)C1CCCCCC1)OC([PH2]=O)(C(=O)O)C(O)OCCC. The lowest BCUT2D eigenvalue weighted by Crippen LogP contribution is -2.53. The van der Waals surface area contributed by atoms with Crippen molar-refractivity contribution in [3.63, 3.8) is 0 Å². The van der Waals surface area contributed by atoms with E-state index in [1.807, 2.05) is 6.92 Å². The van der Waals surface area contributed by atoms with Crippen molar-refractivity contribution in [2.45, 2.75) is 172 Å². The van der Waals surface area contributed by atoms with Crippen molar-refractivity contribution >= 4 is 27.1 Å². The molecule has 0 aromatic heterocycles. The molecule has 8 heteroatoms. The molecule has 0 aromatic carbocycles. The number of aliphatic hydroxyl groups excluding tert-OH is 1. The van der Waals surface area contributed by atoms with E-state index in [9.17, 15) is 19.6 Å². The molecule has 1 rings (SSSR count). The maximum absolute atomic E-state index is 12.5. The maximum atomic E-state index is 12.5. The highest BCUT2D eigenvalue weighted by Crippen LogP contribution is 2.44. The molecule has 5 atom stereocenters. The predicted molar refractivity (Wildman–Crippen MR) is 166 cm³/mol. The molecule has 0 heterocycles. The van der Waals surface area contributed by atoms with Crippen LogP contribution in [0.15, 0.2) is 0 Å². The monoisotopic (exact) mass is 592 g/mol. The number of carboxylic acid groups (broad SMARTS) is 1. The van der Waals surface area contributed by atoms with Gasteiger partial charge in [0.05, 0.1) is 0 Å². The minimum atomic E-state index is -2.29. The van der Waals surface area contributed by atoms with Gasteiger partial charge in [-0.2, -0.15) is 0 Å². The molecule has 0 bridgehead atoms. The van der Waals surface area contributed by atoms with Crippen molar-refractivity contribution in [3.05, 3.63) is 0 Å². The zero-order valence-electron chi connectivity index (χ0n) is 25.3. The first-order valence-corrected chi connectivity index (χ1v) is 17.7. The largest absolute Gasteiger partial charge is 0.479 e. The summed E-state index contributed by atoms with van der Waals surface area (Å²) in [5.74, 6) is -0.204. The highest BCUT2D eigenvalue weighted by molar-refractivity contribution is 7.81. The average Bonchev–Trinajstić information content (AvgIpc) is 3.21. The molecule has 0 spiro atoms. The van der Waals surface area contributed by atoms with Crippen LogP contribution < -0.4 is 0 Å². The molecule has 0 aliphatic heterocycles. The Labute approximate surface area is 246 Å². The number of carboxylic acids is 1. The minimum absolute atomic E-state index is 0.164. The van der Waals surface area contributed by atoms with Crippen molar-refractivity contribution in [1.82, 2.24) is 0 Å². The topological polar surface area (TPSA) is 93.1 Å². The van der Waals surface area contributed by atoms with Crippen LogP contribution >= 0.6 is 21.1 Å². The summed E-state index contributed by atoms with van der Waals surface area (Å²) >= 11 is 5.00. The zero-order valence-corrected chi connectivity index (χ0v) is 27.4. The maximum Gasteiger partial charge on any atom is 0.348 e. The molecular weight excluding hydrogens is 531 g/mol. The van der Waals surface area contributed by atoms with Gasteiger partial charge in [-0.05, 0) is 43.9 Å². The number of ether oxygens (including phenoxy) is 2. The molecule has 1 saturated carbocycles. The van der Waals surface area contributed by atoms with E-state index in [2.05, 4.69) is 13.8 Å². The van der Waals surface area contributed by atoms with Crippen molar-refractivity contribution in [1.29, 1.82) is 0 Å². The second-order valence-corrected chi connectivity index (χ2v) is 13.8. The molecule has 1 fully saturated rings. The molecule has 2 N–H and O–H groups in total. The molecule has 1 aliphatic carbocycles. The summed E-state index contributed by atoms with van der Waals surface area (Å²) in [7, 11) is -2.01. The van der Waals surface area contributed by atoms with Crippen LogP contribution in [0, 0.1) is 11.8 Å².